The van der Waals surface area contributed by atoms with Crippen molar-refractivity contribution in [3.05, 3.63) is 85.6 Å². The van der Waals surface area contributed by atoms with E-state index in [2.05, 4.69) is 101 Å². The number of halogens is 2. The van der Waals surface area contributed by atoms with Gasteiger partial charge in [0.25, 0.3) is 0 Å². The summed E-state index contributed by atoms with van der Waals surface area (Å²) in [4.78, 5) is 0. The van der Waals surface area contributed by atoms with Crippen LogP contribution in [0.4, 0.5) is 0 Å². The summed E-state index contributed by atoms with van der Waals surface area (Å²) in [6.45, 7) is 21.0. The van der Waals surface area contributed by atoms with E-state index < -0.39 is 28.9 Å². The molecule has 0 spiro atoms. The Morgan fingerprint density at radius 2 is 1.07 bits per heavy atom. The zero-order valence-electron chi connectivity index (χ0n) is 28.1. The Morgan fingerprint density at radius 3 is 1.56 bits per heavy atom. The first-order valence-electron chi connectivity index (χ1n) is 17.3. The molecule has 4 heteroatoms. The van der Waals surface area contributed by atoms with Crippen molar-refractivity contribution in [3.63, 3.8) is 0 Å². The van der Waals surface area contributed by atoms with Crippen LogP contribution in [-0.4, -0.2) is 8.07 Å². The van der Waals surface area contributed by atoms with Crippen LogP contribution in [0.1, 0.15) is 102 Å². The average molecular weight is 719 g/mol. The van der Waals surface area contributed by atoms with Crippen LogP contribution in [0.2, 0.25) is 24.7 Å². The second-order valence-electron chi connectivity index (χ2n) is 14.4. The van der Waals surface area contributed by atoms with Gasteiger partial charge in [-0.15, -0.1) is 0 Å². The van der Waals surface area contributed by atoms with Crippen LogP contribution < -0.4 is 0 Å². The molecule has 6 rings (SSSR count). The summed E-state index contributed by atoms with van der Waals surface area (Å²) >= 11 is -0.826. The first-order valence-corrected chi connectivity index (χ1v) is 26.9. The number of rotatable bonds is 5. The molecule has 0 heterocycles. The van der Waals surface area contributed by atoms with Crippen LogP contribution >= 0.6 is 17.0 Å². The van der Waals surface area contributed by atoms with Crippen molar-refractivity contribution in [2.75, 3.05) is 0 Å². The second-order valence-corrected chi connectivity index (χ2v) is 23.2. The molecule has 2 aromatic carbocycles. The van der Waals surface area contributed by atoms with Crippen molar-refractivity contribution in [3.8, 4) is 0 Å². The molecule has 43 heavy (non-hydrogen) atoms. The molecule has 0 saturated heterocycles. The predicted molar refractivity (Wildman–Crippen MR) is 191 cm³/mol. The summed E-state index contributed by atoms with van der Waals surface area (Å²) in [7, 11) is 8.51. The molecule has 4 fully saturated rings. The van der Waals surface area contributed by atoms with Gasteiger partial charge in [-0.2, -0.15) is 13.8 Å². The molecule has 0 N–H and O–H groups in total. The molecule has 4 saturated carbocycles. The fraction of sp³-hybridized carbons (Fsp3) is 0.641. The summed E-state index contributed by atoms with van der Waals surface area (Å²) in [5.41, 5.74) is 4.31. The molecule has 0 aliphatic heterocycles. The zero-order valence-corrected chi connectivity index (χ0v) is 33.1. The summed E-state index contributed by atoms with van der Waals surface area (Å²) in [6.07, 6.45) is 11.8. The van der Waals surface area contributed by atoms with E-state index in [1.165, 1.54) is 51.4 Å². The van der Waals surface area contributed by atoms with Gasteiger partial charge in [-0.1, -0.05) is 113 Å². The van der Waals surface area contributed by atoms with Gasteiger partial charge in [-0.3, -0.25) is 0 Å². The summed E-state index contributed by atoms with van der Waals surface area (Å²) in [5, 5.41) is 0. The Labute approximate surface area is 286 Å². The SMILES string of the molecule is CC1CC2C(c3ccccc3)CCCC2C1C[Si](C)(C)C1C(C)CC2C(c3ccccc3)CCCC21.[CH2-]C.[CH2-]C.[Cl][Zr+2][Cl]. The van der Waals surface area contributed by atoms with E-state index in [0.29, 0.717) is 0 Å². The molecular weight excluding hydrogens is 659 g/mol. The topological polar surface area (TPSA) is 0 Å². The molecular formula is C39H60Cl2SiZr. The van der Waals surface area contributed by atoms with Crippen LogP contribution in [0.15, 0.2) is 60.7 Å². The molecule has 0 amide bonds. The monoisotopic (exact) mass is 716 g/mol. The van der Waals surface area contributed by atoms with Gasteiger partial charge < -0.3 is 13.8 Å². The maximum absolute atomic E-state index is 4.93. The molecule has 4 aliphatic rings. The number of hydrogen-bond donors (Lipinski definition) is 0. The van der Waals surface area contributed by atoms with Gasteiger partial charge in [0.15, 0.2) is 0 Å². The summed E-state index contributed by atoms with van der Waals surface area (Å²) in [6, 6.07) is 24.8. The van der Waals surface area contributed by atoms with Crippen molar-refractivity contribution >= 4 is 25.1 Å². The van der Waals surface area contributed by atoms with Crippen LogP contribution in [0, 0.1) is 55.3 Å². The Bertz CT molecular complexity index is 1030. The van der Waals surface area contributed by atoms with Gasteiger partial charge in [0.05, 0.1) is 8.07 Å². The van der Waals surface area contributed by atoms with Crippen molar-refractivity contribution < 1.29 is 20.8 Å². The summed E-state index contributed by atoms with van der Waals surface area (Å²) in [5.74, 6) is 8.36. The van der Waals surface area contributed by atoms with Gasteiger partial charge in [0, 0.05) is 0 Å². The van der Waals surface area contributed by atoms with E-state index in [4.69, 9.17) is 17.0 Å². The fourth-order valence-corrected chi connectivity index (χ4v) is 16.4. The second kappa shape index (κ2) is 18.5. The quantitative estimate of drug-likeness (QED) is 0.213. The fourth-order valence-electron chi connectivity index (χ4n) is 11.0. The first-order chi connectivity index (χ1) is 20.9. The first kappa shape index (κ1) is 37.6. The molecule has 10 unspecified atom stereocenters. The molecule has 0 radical (unpaired) electrons. The van der Waals surface area contributed by atoms with E-state index in [1.54, 1.807) is 31.0 Å². The number of benzene rings is 2. The zero-order chi connectivity index (χ0) is 31.6. The van der Waals surface area contributed by atoms with Crippen molar-refractivity contribution in [2.24, 2.45) is 41.4 Å². The van der Waals surface area contributed by atoms with Gasteiger partial charge in [-0.25, -0.2) is 0 Å². The van der Waals surface area contributed by atoms with Gasteiger partial charge in [-0.05, 0) is 102 Å². The van der Waals surface area contributed by atoms with Gasteiger partial charge >= 0.3 is 37.9 Å². The molecule has 10 atom stereocenters. The third-order valence-corrected chi connectivity index (χ3v) is 16.3. The van der Waals surface area contributed by atoms with E-state index >= 15 is 0 Å². The Hall–Kier alpha value is 0.120. The van der Waals surface area contributed by atoms with E-state index in [0.717, 1.165) is 58.8 Å². The third kappa shape index (κ3) is 8.93. The van der Waals surface area contributed by atoms with Crippen molar-refractivity contribution in [1.29, 1.82) is 0 Å². The Kier molecular flexibility index (Phi) is 16.1. The van der Waals surface area contributed by atoms with Crippen LogP contribution in [-0.2, 0) is 20.8 Å². The molecule has 0 nitrogen and oxygen atoms in total. The molecule has 2 aromatic rings. The Balaban J connectivity index is 0.000000670. The van der Waals surface area contributed by atoms with Crippen molar-refractivity contribution in [2.45, 2.75) is 116 Å². The Morgan fingerprint density at radius 1 is 0.651 bits per heavy atom. The average Bonchev–Trinajstić information content (AvgIpc) is 3.55. The molecule has 4 aliphatic carbocycles. The standard InChI is InChI=1S/C35H50Si.2C2H5.2ClH.Zr/c1-24-21-32-28(26-13-7-5-8-14-26)17-11-19-30(32)34(24)23-36(3,4)35-25(2)22-33-29(18-12-20-31(33)35)27-15-9-6-10-16-27;2*1-2;;;/h5-10,13-16,24-25,28-35H,11-12,17-23H2,1-4H3;2*1H2,2H3;2*1H;/q;2*-1;;;+4/p-2. The molecule has 0 aromatic heterocycles. The summed E-state index contributed by atoms with van der Waals surface area (Å²) < 4.78 is 0. The number of fused-ring (bicyclic) bond motifs is 2. The van der Waals surface area contributed by atoms with Crippen molar-refractivity contribution in [1.82, 2.24) is 0 Å². The van der Waals surface area contributed by atoms with Crippen LogP contribution in [0.3, 0.4) is 0 Å². The normalized spacial score (nSPS) is 34.5. The molecule has 0 bridgehead atoms. The third-order valence-electron chi connectivity index (χ3n) is 12.0. The van der Waals surface area contributed by atoms with E-state index in [9.17, 15) is 0 Å². The van der Waals surface area contributed by atoms with Crippen LogP contribution in [0.25, 0.3) is 0 Å². The maximum atomic E-state index is 4.93. The minimum absolute atomic E-state index is 0.821. The van der Waals surface area contributed by atoms with Gasteiger partial charge in [0.2, 0.25) is 0 Å². The molecule has 238 valence electrons. The van der Waals surface area contributed by atoms with E-state index in [1.807, 2.05) is 0 Å². The predicted octanol–water partition coefficient (Wildman–Crippen LogP) is 13.2. The van der Waals surface area contributed by atoms with Gasteiger partial charge in [0.1, 0.15) is 0 Å². The number of hydrogen-bond acceptors (Lipinski definition) is 0. The van der Waals surface area contributed by atoms with E-state index in [-0.39, 0.29) is 0 Å². The minimum atomic E-state index is -1.36. The van der Waals surface area contributed by atoms with Crippen LogP contribution in [0.5, 0.6) is 0 Å².